The molecule has 7 heteroatoms. The fourth-order valence-electron chi connectivity index (χ4n) is 1.95. The van der Waals surface area contributed by atoms with Crippen molar-refractivity contribution in [1.29, 1.82) is 5.26 Å². The van der Waals surface area contributed by atoms with Gasteiger partial charge in [0.05, 0.1) is 18.4 Å². The number of nitriles is 1. The number of nitrogen functional groups attached to an aromatic ring is 1. The van der Waals surface area contributed by atoms with Crippen molar-refractivity contribution in [2.24, 2.45) is 5.73 Å². The number of carbonyl (C=O) groups excluding carboxylic acids is 1. The predicted molar refractivity (Wildman–Crippen MR) is 69.6 cm³/mol. The van der Waals surface area contributed by atoms with Crippen LogP contribution in [0.1, 0.15) is 22.2 Å². The van der Waals surface area contributed by atoms with Crippen molar-refractivity contribution in [3.8, 4) is 6.07 Å². The number of amides is 1. The highest BCUT2D eigenvalue weighted by molar-refractivity contribution is 7.19. The molecule has 0 radical (unpaired) electrons. The average Bonchev–Trinajstić information content (AvgIpc) is 2.66. The van der Waals surface area contributed by atoms with E-state index in [0.717, 1.165) is 0 Å². The second kappa shape index (κ2) is 4.84. The number of hydrogen-bond donors (Lipinski definition) is 2. The Labute approximate surface area is 109 Å². The summed E-state index contributed by atoms with van der Waals surface area (Å²) in [6.45, 7) is 3.91. The van der Waals surface area contributed by atoms with Gasteiger partial charge in [0.15, 0.2) is 0 Å². The molecule has 0 aliphatic carbocycles. The molecule has 1 aliphatic rings. The topological polar surface area (TPSA) is 105 Å². The van der Waals surface area contributed by atoms with Crippen LogP contribution in [-0.4, -0.2) is 31.7 Å². The Morgan fingerprint density at radius 1 is 1.67 bits per heavy atom. The first-order valence-corrected chi connectivity index (χ1v) is 6.35. The van der Waals surface area contributed by atoms with Crippen LogP contribution in [0.15, 0.2) is 0 Å². The molecule has 1 aromatic rings. The maximum atomic E-state index is 11.3. The lowest BCUT2D eigenvalue weighted by atomic mass is 10.2. The molecule has 1 aliphatic heterocycles. The molecule has 0 bridgehead atoms. The Morgan fingerprint density at radius 3 is 2.94 bits per heavy atom. The smallest absolute Gasteiger partial charge is 0.261 e. The van der Waals surface area contributed by atoms with Gasteiger partial charge in [0.25, 0.3) is 5.91 Å². The zero-order valence-corrected chi connectivity index (χ0v) is 10.8. The zero-order chi connectivity index (χ0) is 13.3. The van der Waals surface area contributed by atoms with Gasteiger partial charge in [0.2, 0.25) is 0 Å². The van der Waals surface area contributed by atoms with Crippen molar-refractivity contribution < 1.29 is 9.53 Å². The van der Waals surface area contributed by atoms with Crippen molar-refractivity contribution in [2.45, 2.75) is 13.0 Å². The Bertz CT molecular complexity index is 520. The number of rotatable bonds is 2. The third kappa shape index (κ3) is 2.12. The van der Waals surface area contributed by atoms with Gasteiger partial charge in [-0.25, -0.2) is 0 Å². The van der Waals surface area contributed by atoms with Gasteiger partial charge in [-0.3, -0.25) is 4.79 Å². The number of primary amides is 1. The molecular formula is C11H14N4O2S. The second-order valence-corrected chi connectivity index (χ2v) is 5.13. The van der Waals surface area contributed by atoms with Crippen molar-refractivity contribution >= 4 is 27.9 Å². The van der Waals surface area contributed by atoms with Gasteiger partial charge >= 0.3 is 0 Å². The van der Waals surface area contributed by atoms with Crippen molar-refractivity contribution in [3.05, 3.63) is 10.4 Å². The van der Waals surface area contributed by atoms with E-state index in [1.807, 2.05) is 17.9 Å². The summed E-state index contributed by atoms with van der Waals surface area (Å²) in [7, 11) is 0. The summed E-state index contributed by atoms with van der Waals surface area (Å²) in [5, 5.41) is 9.86. The predicted octanol–water partition coefficient (Wildman–Crippen LogP) is 0.526. The number of nitrogens with zero attached hydrogens (tertiary/aromatic N) is 2. The number of thiophene rings is 1. The molecule has 1 amide bonds. The molecular weight excluding hydrogens is 252 g/mol. The molecule has 1 atom stereocenters. The zero-order valence-electron chi connectivity index (χ0n) is 9.97. The van der Waals surface area contributed by atoms with Gasteiger partial charge in [-0.15, -0.1) is 11.3 Å². The summed E-state index contributed by atoms with van der Waals surface area (Å²) in [5.74, 6) is -0.596. The van der Waals surface area contributed by atoms with Gasteiger partial charge in [0, 0.05) is 13.1 Å². The number of morpholine rings is 1. The van der Waals surface area contributed by atoms with E-state index in [9.17, 15) is 4.79 Å². The Balaban J connectivity index is 2.41. The first kappa shape index (κ1) is 12.7. The molecule has 4 N–H and O–H groups in total. The van der Waals surface area contributed by atoms with Crippen LogP contribution in [-0.2, 0) is 4.74 Å². The third-order valence-electron chi connectivity index (χ3n) is 2.79. The van der Waals surface area contributed by atoms with Crippen LogP contribution >= 0.6 is 11.3 Å². The summed E-state index contributed by atoms with van der Waals surface area (Å²) >= 11 is 1.18. The van der Waals surface area contributed by atoms with Crippen LogP contribution < -0.4 is 16.4 Å². The van der Waals surface area contributed by atoms with Gasteiger partial charge in [-0.2, -0.15) is 5.26 Å². The monoisotopic (exact) mass is 266 g/mol. The fraction of sp³-hybridized carbons (Fsp3) is 0.455. The summed E-state index contributed by atoms with van der Waals surface area (Å²) in [5.41, 5.74) is 11.6. The minimum absolute atomic E-state index is 0.0886. The summed E-state index contributed by atoms with van der Waals surface area (Å²) < 4.78 is 5.44. The van der Waals surface area contributed by atoms with Crippen molar-refractivity contribution in [1.82, 2.24) is 0 Å². The van der Waals surface area contributed by atoms with Gasteiger partial charge < -0.3 is 21.1 Å². The Hall–Kier alpha value is -1.78. The van der Waals surface area contributed by atoms with E-state index >= 15 is 0 Å². The molecule has 6 nitrogen and oxygen atoms in total. The minimum atomic E-state index is -0.596. The molecule has 1 saturated heterocycles. The number of anilines is 2. The largest absolute Gasteiger partial charge is 0.396 e. The Morgan fingerprint density at radius 2 is 2.39 bits per heavy atom. The molecule has 18 heavy (non-hydrogen) atoms. The van der Waals surface area contributed by atoms with E-state index in [1.165, 1.54) is 11.3 Å². The van der Waals surface area contributed by atoms with Crippen LogP contribution in [0, 0.1) is 11.3 Å². The minimum Gasteiger partial charge on any atom is -0.396 e. The van der Waals surface area contributed by atoms with Crippen LogP contribution in [0.5, 0.6) is 0 Å². The molecule has 0 saturated carbocycles. The standard InChI is InChI=1S/C11H14N4O2S/c1-6-5-15(2-3-17-6)11-7(4-12)8(13)9(18-11)10(14)16/h6H,2-3,5,13H2,1H3,(H2,14,16). The Kier molecular flexibility index (Phi) is 3.41. The molecule has 1 unspecified atom stereocenters. The van der Waals surface area contributed by atoms with E-state index in [-0.39, 0.29) is 16.7 Å². The van der Waals surface area contributed by atoms with Gasteiger partial charge in [-0.1, -0.05) is 0 Å². The van der Waals surface area contributed by atoms with Gasteiger partial charge in [0.1, 0.15) is 21.5 Å². The molecule has 96 valence electrons. The first-order chi connectivity index (χ1) is 8.54. The molecule has 1 aromatic heterocycles. The molecule has 1 fully saturated rings. The van der Waals surface area contributed by atoms with Crippen molar-refractivity contribution in [3.63, 3.8) is 0 Å². The van der Waals surface area contributed by atoms with E-state index in [0.29, 0.717) is 30.3 Å². The quantitative estimate of drug-likeness (QED) is 0.812. The molecule has 0 aromatic carbocycles. The van der Waals surface area contributed by atoms with Crippen LogP contribution in [0.3, 0.4) is 0 Å². The van der Waals surface area contributed by atoms with Gasteiger partial charge in [-0.05, 0) is 6.92 Å². The highest BCUT2D eigenvalue weighted by Gasteiger charge is 2.26. The lowest BCUT2D eigenvalue weighted by Gasteiger charge is -2.32. The lowest BCUT2D eigenvalue weighted by Crippen LogP contribution is -2.41. The number of nitrogens with two attached hydrogens (primary N) is 2. The number of ether oxygens (including phenoxy) is 1. The van der Waals surface area contributed by atoms with E-state index in [2.05, 4.69) is 0 Å². The maximum Gasteiger partial charge on any atom is 0.261 e. The fourth-order valence-corrected chi connectivity index (χ4v) is 3.01. The molecule has 2 heterocycles. The summed E-state index contributed by atoms with van der Waals surface area (Å²) in [6.07, 6.45) is 0.0886. The highest BCUT2D eigenvalue weighted by atomic mass is 32.1. The van der Waals surface area contributed by atoms with Crippen LogP contribution in [0.2, 0.25) is 0 Å². The lowest BCUT2D eigenvalue weighted by molar-refractivity contribution is 0.0534. The number of hydrogen-bond acceptors (Lipinski definition) is 6. The third-order valence-corrected chi connectivity index (χ3v) is 4.07. The molecule has 2 rings (SSSR count). The first-order valence-electron chi connectivity index (χ1n) is 5.53. The maximum absolute atomic E-state index is 11.3. The van der Waals surface area contributed by atoms with E-state index < -0.39 is 5.91 Å². The summed E-state index contributed by atoms with van der Waals surface area (Å²) in [6, 6.07) is 2.05. The summed E-state index contributed by atoms with van der Waals surface area (Å²) in [4.78, 5) is 13.5. The van der Waals surface area contributed by atoms with Crippen molar-refractivity contribution in [2.75, 3.05) is 30.3 Å². The van der Waals surface area contributed by atoms with Crippen LogP contribution in [0.4, 0.5) is 10.7 Å². The van der Waals surface area contributed by atoms with E-state index in [4.69, 9.17) is 21.5 Å². The second-order valence-electron chi connectivity index (χ2n) is 4.13. The molecule has 0 spiro atoms. The van der Waals surface area contributed by atoms with Crippen LogP contribution in [0.25, 0.3) is 0 Å². The average molecular weight is 266 g/mol. The number of carbonyl (C=O) groups is 1. The SMILES string of the molecule is CC1CN(c2sc(C(N)=O)c(N)c2C#N)CCO1. The highest BCUT2D eigenvalue weighted by Crippen LogP contribution is 2.38. The normalized spacial score (nSPS) is 19.6. The van der Waals surface area contributed by atoms with E-state index in [1.54, 1.807) is 0 Å².